The van der Waals surface area contributed by atoms with Crippen molar-refractivity contribution in [2.75, 3.05) is 77.0 Å². The SMILES string of the molecule is Cc1cc(C[C@@H](OC(=O)N2CCC(N3CCc4ccccc4NC3=O)CC2)C(=O)N2CCN(C3CCN(C)CC3)CC2)ncc1N. The van der Waals surface area contributed by atoms with Gasteiger partial charge >= 0.3 is 12.1 Å². The zero-order chi connectivity index (χ0) is 32.2. The van der Waals surface area contributed by atoms with E-state index in [2.05, 4.69) is 27.1 Å². The van der Waals surface area contributed by atoms with Gasteiger partial charge in [-0.25, -0.2) is 9.59 Å². The first-order valence-corrected chi connectivity index (χ1v) is 16.8. The molecule has 3 N–H and O–H groups in total. The molecule has 3 fully saturated rings. The summed E-state index contributed by atoms with van der Waals surface area (Å²) in [5.74, 6) is -0.177. The minimum absolute atomic E-state index is 0.0265. The van der Waals surface area contributed by atoms with Gasteiger partial charge in [-0.05, 0) is 82.4 Å². The molecule has 5 heterocycles. The van der Waals surface area contributed by atoms with E-state index in [9.17, 15) is 14.4 Å². The molecule has 4 aliphatic heterocycles. The van der Waals surface area contributed by atoms with Gasteiger partial charge in [0, 0.05) is 75.7 Å². The highest BCUT2D eigenvalue weighted by molar-refractivity contribution is 5.91. The molecule has 1 aromatic carbocycles. The van der Waals surface area contributed by atoms with Gasteiger partial charge in [0.05, 0.1) is 11.9 Å². The van der Waals surface area contributed by atoms with Crippen LogP contribution in [0.4, 0.5) is 21.0 Å². The molecule has 6 rings (SSSR count). The minimum Gasteiger partial charge on any atom is -0.436 e. The Morgan fingerprint density at radius 2 is 1.65 bits per heavy atom. The van der Waals surface area contributed by atoms with Gasteiger partial charge in [-0.15, -0.1) is 0 Å². The van der Waals surface area contributed by atoms with Crippen LogP contribution in [0.25, 0.3) is 0 Å². The van der Waals surface area contributed by atoms with Crippen molar-refractivity contribution in [2.45, 2.75) is 63.6 Å². The third kappa shape index (κ3) is 7.39. The molecular weight excluding hydrogens is 584 g/mol. The molecule has 0 aliphatic carbocycles. The van der Waals surface area contributed by atoms with Crippen molar-refractivity contribution < 1.29 is 19.1 Å². The van der Waals surface area contributed by atoms with Crippen LogP contribution in [0.5, 0.6) is 0 Å². The van der Waals surface area contributed by atoms with Crippen molar-refractivity contribution in [1.82, 2.24) is 29.5 Å². The third-order valence-corrected chi connectivity index (χ3v) is 10.3. The predicted octanol–water partition coefficient (Wildman–Crippen LogP) is 2.81. The molecule has 0 radical (unpaired) electrons. The number of fused-ring (bicyclic) bond motifs is 1. The first-order valence-electron chi connectivity index (χ1n) is 16.8. The minimum atomic E-state index is -0.981. The van der Waals surface area contributed by atoms with Gasteiger partial charge < -0.3 is 35.4 Å². The number of carbonyl (C=O) groups is 3. The Hall–Kier alpha value is -3.90. The number of hydrogen-bond acceptors (Lipinski definition) is 8. The summed E-state index contributed by atoms with van der Waals surface area (Å²) in [7, 11) is 2.17. The molecule has 4 aliphatic rings. The number of anilines is 2. The maximum absolute atomic E-state index is 13.9. The fourth-order valence-corrected chi connectivity index (χ4v) is 7.27. The van der Waals surface area contributed by atoms with Crippen molar-refractivity contribution in [3.63, 3.8) is 0 Å². The number of nitrogens with one attached hydrogen (secondary N) is 1. The second kappa shape index (κ2) is 14.3. The number of aromatic nitrogens is 1. The lowest BCUT2D eigenvalue weighted by Crippen LogP contribution is -2.56. The molecule has 2 aromatic rings. The molecule has 4 amide bonds. The third-order valence-electron chi connectivity index (χ3n) is 10.3. The van der Waals surface area contributed by atoms with E-state index in [0.29, 0.717) is 63.0 Å². The van der Waals surface area contributed by atoms with Crippen LogP contribution in [-0.4, -0.2) is 132 Å². The smallest absolute Gasteiger partial charge is 0.410 e. The summed E-state index contributed by atoms with van der Waals surface area (Å²) in [6, 6.07) is 10.2. The predicted molar refractivity (Wildman–Crippen MR) is 176 cm³/mol. The number of benzene rings is 1. The Labute approximate surface area is 271 Å². The van der Waals surface area contributed by atoms with Crippen LogP contribution >= 0.6 is 0 Å². The fraction of sp³-hybridized carbons (Fsp3) is 0.588. The maximum atomic E-state index is 13.9. The van der Waals surface area contributed by atoms with E-state index in [1.54, 1.807) is 11.1 Å². The molecule has 0 spiro atoms. The Morgan fingerprint density at radius 1 is 0.957 bits per heavy atom. The van der Waals surface area contributed by atoms with Crippen molar-refractivity contribution in [3.05, 3.63) is 53.3 Å². The molecule has 1 atom stereocenters. The zero-order valence-electron chi connectivity index (χ0n) is 27.2. The normalized spacial score (nSPS) is 21.3. The number of piperidine rings is 2. The largest absolute Gasteiger partial charge is 0.436 e. The number of likely N-dealkylation sites (tertiary alicyclic amines) is 2. The van der Waals surface area contributed by atoms with Gasteiger partial charge in [0.1, 0.15) is 0 Å². The van der Waals surface area contributed by atoms with Crippen LogP contribution in [-0.2, 0) is 22.4 Å². The highest BCUT2D eigenvalue weighted by atomic mass is 16.6. The summed E-state index contributed by atoms with van der Waals surface area (Å²) >= 11 is 0. The topological polar surface area (TPSA) is 128 Å². The Balaban J connectivity index is 1.07. The van der Waals surface area contributed by atoms with Gasteiger partial charge in [-0.1, -0.05) is 18.2 Å². The maximum Gasteiger partial charge on any atom is 0.410 e. The van der Waals surface area contributed by atoms with Crippen LogP contribution in [0, 0.1) is 6.92 Å². The van der Waals surface area contributed by atoms with Crippen LogP contribution in [0.1, 0.15) is 42.5 Å². The summed E-state index contributed by atoms with van der Waals surface area (Å²) in [6.07, 6.45) is 4.69. The number of urea groups is 1. The number of ether oxygens (including phenoxy) is 1. The molecule has 0 unspecified atom stereocenters. The summed E-state index contributed by atoms with van der Waals surface area (Å²) in [6.45, 7) is 8.52. The molecule has 12 heteroatoms. The summed E-state index contributed by atoms with van der Waals surface area (Å²) < 4.78 is 6.01. The quantitative estimate of drug-likeness (QED) is 0.498. The second-order valence-electron chi connectivity index (χ2n) is 13.3. The van der Waals surface area contributed by atoms with Gasteiger partial charge in [-0.2, -0.15) is 0 Å². The van der Waals surface area contributed by atoms with Gasteiger partial charge in [0.25, 0.3) is 5.91 Å². The van der Waals surface area contributed by atoms with E-state index in [0.717, 1.165) is 62.3 Å². The Kier molecular flexibility index (Phi) is 9.93. The van der Waals surface area contributed by atoms with Crippen LogP contribution in [0.2, 0.25) is 0 Å². The first-order chi connectivity index (χ1) is 22.2. The number of piperazine rings is 1. The number of aryl methyl sites for hydroxylation is 1. The van der Waals surface area contributed by atoms with E-state index in [4.69, 9.17) is 10.5 Å². The Bertz CT molecular complexity index is 1400. The molecule has 0 saturated carbocycles. The van der Waals surface area contributed by atoms with Crippen molar-refractivity contribution in [2.24, 2.45) is 0 Å². The number of nitrogen functional groups attached to an aromatic ring is 1. The average Bonchev–Trinajstić information content (AvgIpc) is 3.24. The fourth-order valence-electron chi connectivity index (χ4n) is 7.27. The number of carbonyl (C=O) groups excluding carboxylic acids is 3. The number of rotatable bonds is 6. The van der Waals surface area contributed by atoms with Gasteiger partial charge in [0.2, 0.25) is 0 Å². The highest BCUT2D eigenvalue weighted by Gasteiger charge is 2.36. The number of para-hydroxylation sites is 1. The van der Waals surface area contributed by atoms with E-state index >= 15 is 0 Å². The lowest BCUT2D eigenvalue weighted by Gasteiger charge is -2.42. The van der Waals surface area contributed by atoms with E-state index in [1.165, 1.54) is 0 Å². The zero-order valence-corrected chi connectivity index (χ0v) is 27.2. The number of amides is 4. The van der Waals surface area contributed by atoms with Gasteiger partial charge in [-0.3, -0.25) is 14.7 Å². The van der Waals surface area contributed by atoms with Crippen molar-refractivity contribution in [1.29, 1.82) is 0 Å². The molecule has 248 valence electrons. The van der Waals surface area contributed by atoms with Gasteiger partial charge in [0.15, 0.2) is 6.10 Å². The van der Waals surface area contributed by atoms with Crippen LogP contribution < -0.4 is 11.1 Å². The van der Waals surface area contributed by atoms with E-state index in [-0.39, 0.29) is 24.4 Å². The highest BCUT2D eigenvalue weighted by Crippen LogP contribution is 2.25. The molecule has 1 aromatic heterocycles. The monoisotopic (exact) mass is 632 g/mol. The first kappa shape index (κ1) is 32.1. The van der Waals surface area contributed by atoms with Crippen LogP contribution in [0.3, 0.4) is 0 Å². The van der Waals surface area contributed by atoms with E-state index in [1.807, 2.05) is 47.1 Å². The molecular formula is C34H48N8O4. The van der Waals surface area contributed by atoms with Crippen LogP contribution in [0.15, 0.2) is 36.5 Å². The second-order valence-corrected chi connectivity index (χ2v) is 13.3. The number of pyridine rings is 1. The number of nitrogens with two attached hydrogens (primary N) is 1. The number of hydrogen-bond donors (Lipinski definition) is 2. The molecule has 12 nitrogen and oxygen atoms in total. The van der Waals surface area contributed by atoms with Crippen molar-refractivity contribution >= 4 is 29.4 Å². The average molecular weight is 633 g/mol. The van der Waals surface area contributed by atoms with E-state index < -0.39 is 12.2 Å². The standard InChI is InChI=1S/C34H48N8O4/c1-24-21-26(36-23-29(24)35)22-31(32(43)40-19-17-39(18-20-40)27-8-12-38(2)13-9-27)46-34(45)41-14-10-28(11-15-41)42-16-7-25-5-3-4-6-30(25)37-33(42)44/h3-6,21,23,27-28,31H,7-20,22,35H2,1-2H3,(H,37,44)/t31-/m1/s1. The molecule has 3 saturated heterocycles. The molecule has 46 heavy (non-hydrogen) atoms. The summed E-state index contributed by atoms with van der Waals surface area (Å²) in [4.78, 5) is 55.2. The number of nitrogens with zero attached hydrogens (tertiary/aromatic N) is 6. The lowest BCUT2D eigenvalue weighted by atomic mass is 10.0. The van der Waals surface area contributed by atoms with Crippen molar-refractivity contribution in [3.8, 4) is 0 Å². The molecule has 0 bridgehead atoms. The summed E-state index contributed by atoms with van der Waals surface area (Å²) in [5.41, 5.74) is 10.1. The lowest BCUT2D eigenvalue weighted by molar-refractivity contribution is -0.143. The summed E-state index contributed by atoms with van der Waals surface area (Å²) in [5, 5.41) is 3.05. The Morgan fingerprint density at radius 3 is 2.37 bits per heavy atom.